The molecular weight excluding hydrogens is 222 g/mol. The van der Waals surface area contributed by atoms with Crippen LogP contribution in [0.25, 0.3) is 11.1 Å². The van der Waals surface area contributed by atoms with Crippen LogP contribution >= 0.6 is 0 Å². The number of hydrogen-bond acceptors (Lipinski definition) is 4. The van der Waals surface area contributed by atoms with Gasteiger partial charge >= 0.3 is 5.97 Å². The van der Waals surface area contributed by atoms with Gasteiger partial charge in [-0.05, 0) is 18.6 Å². The van der Waals surface area contributed by atoms with E-state index < -0.39 is 5.97 Å². The van der Waals surface area contributed by atoms with E-state index in [4.69, 9.17) is 14.3 Å². The Morgan fingerprint density at radius 3 is 3.06 bits per heavy atom. The van der Waals surface area contributed by atoms with Gasteiger partial charge in [0, 0.05) is 5.92 Å². The summed E-state index contributed by atoms with van der Waals surface area (Å²) in [5.74, 6) is -0.0928. The van der Waals surface area contributed by atoms with E-state index in [1.165, 1.54) is 0 Å². The zero-order valence-corrected chi connectivity index (χ0v) is 9.21. The molecule has 2 aromatic rings. The molecule has 17 heavy (non-hydrogen) atoms. The third kappa shape index (κ3) is 1.54. The van der Waals surface area contributed by atoms with Gasteiger partial charge in [-0.25, -0.2) is 4.98 Å². The van der Waals surface area contributed by atoms with Crippen molar-refractivity contribution in [3.05, 3.63) is 24.1 Å². The summed E-state index contributed by atoms with van der Waals surface area (Å²) >= 11 is 0. The quantitative estimate of drug-likeness (QED) is 0.878. The molecule has 0 amide bonds. The van der Waals surface area contributed by atoms with Gasteiger partial charge in [0.25, 0.3) is 0 Å². The van der Waals surface area contributed by atoms with E-state index in [2.05, 4.69) is 4.98 Å². The lowest BCUT2D eigenvalue weighted by Crippen LogP contribution is -1.98. The average molecular weight is 233 g/mol. The van der Waals surface area contributed by atoms with Crippen molar-refractivity contribution in [2.24, 2.45) is 5.92 Å². The molecule has 1 aliphatic carbocycles. The molecule has 0 radical (unpaired) electrons. The first-order chi connectivity index (χ1) is 8.20. The Bertz CT molecular complexity index is 589. The molecule has 0 spiro atoms. The summed E-state index contributed by atoms with van der Waals surface area (Å²) in [6, 6.07) is 5.42. The minimum absolute atomic E-state index is 0.0930. The molecule has 1 heterocycles. The molecule has 88 valence electrons. The number of carbonyl (C=O) groups is 1. The van der Waals surface area contributed by atoms with Crippen LogP contribution < -0.4 is 4.74 Å². The molecule has 0 bridgehead atoms. The molecule has 3 rings (SSSR count). The monoisotopic (exact) mass is 233 g/mol. The lowest BCUT2D eigenvalue weighted by atomic mass is 10.3. The van der Waals surface area contributed by atoms with E-state index in [-0.39, 0.29) is 11.8 Å². The number of aromatic nitrogens is 1. The van der Waals surface area contributed by atoms with Crippen LogP contribution in [0.5, 0.6) is 5.75 Å². The van der Waals surface area contributed by atoms with Gasteiger partial charge in [-0.3, -0.25) is 4.79 Å². The van der Waals surface area contributed by atoms with Gasteiger partial charge in [-0.2, -0.15) is 0 Å². The predicted molar refractivity (Wildman–Crippen MR) is 59.0 cm³/mol. The van der Waals surface area contributed by atoms with Crippen molar-refractivity contribution >= 4 is 17.1 Å². The molecule has 2 unspecified atom stereocenters. The standard InChI is InChI=1S/C12H11NO4/c1-16-8-3-2-4-9-10(8)13-11(17-9)6-5-7(6)12(14)15/h2-4,6-7H,5H2,1H3,(H,14,15). The molecule has 0 aliphatic heterocycles. The minimum Gasteiger partial charge on any atom is -0.494 e. The summed E-state index contributed by atoms with van der Waals surface area (Å²) in [7, 11) is 1.57. The Hall–Kier alpha value is -2.04. The number of carboxylic acids is 1. The van der Waals surface area contributed by atoms with Crippen LogP contribution in [0, 0.1) is 5.92 Å². The van der Waals surface area contributed by atoms with Crippen molar-refractivity contribution in [2.75, 3.05) is 7.11 Å². The number of fused-ring (bicyclic) bond motifs is 1. The highest BCUT2D eigenvalue weighted by Gasteiger charge is 2.47. The van der Waals surface area contributed by atoms with Crippen molar-refractivity contribution in [2.45, 2.75) is 12.3 Å². The first-order valence-electron chi connectivity index (χ1n) is 5.37. The SMILES string of the molecule is COc1cccc2oc(C3CC3C(=O)O)nc12. The largest absolute Gasteiger partial charge is 0.494 e. The second-order valence-electron chi connectivity index (χ2n) is 4.15. The van der Waals surface area contributed by atoms with Gasteiger partial charge < -0.3 is 14.3 Å². The van der Waals surface area contributed by atoms with E-state index in [0.717, 1.165) is 0 Å². The summed E-state index contributed by atoms with van der Waals surface area (Å²) < 4.78 is 10.7. The molecule has 1 saturated carbocycles. The number of oxazole rings is 1. The highest BCUT2D eigenvalue weighted by molar-refractivity contribution is 5.80. The van der Waals surface area contributed by atoms with Crippen LogP contribution in [0.3, 0.4) is 0 Å². The lowest BCUT2D eigenvalue weighted by Gasteiger charge is -1.96. The first kappa shape index (κ1) is 10.1. The summed E-state index contributed by atoms with van der Waals surface area (Å²) in [5, 5.41) is 8.87. The fourth-order valence-electron chi connectivity index (χ4n) is 2.00. The van der Waals surface area contributed by atoms with Crippen molar-refractivity contribution in [1.29, 1.82) is 0 Å². The molecule has 1 aromatic heterocycles. The van der Waals surface area contributed by atoms with Crippen molar-refractivity contribution in [1.82, 2.24) is 4.98 Å². The highest BCUT2D eigenvalue weighted by atomic mass is 16.5. The predicted octanol–water partition coefficient (Wildman–Crippen LogP) is 2.02. The Balaban J connectivity index is 2.00. The number of aliphatic carboxylic acids is 1. The van der Waals surface area contributed by atoms with Crippen molar-refractivity contribution < 1.29 is 19.1 Å². The zero-order chi connectivity index (χ0) is 12.0. The molecule has 1 aliphatic rings. The number of rotatable bonds is 3. The summed E-state index contributed by atoms with van der Waals surface area (Å²) in [5.41, 5.74) is 1.29. The van der Waals surface area contributed by atoms with Crippen LogP contribution in [0.4, 0.5) is 0 Å². The smallest absolute Gasteiger partial charge is 0.307 e. The van der Waals surface area contributed by atoms with Gasteiger partial charge in [0.1, 0.15) is 5.75 Å². The lowest BCUT2D eigenvalue weighted by molar-refractivity contribution is -0.138. The number of ether oxygens (including phenoxy) is 1. The number of nitrogens with zero attached hydrogens (tertiary/aromatic N) is 1. The second-order valence-corrected chi connectivity index (χ2v) is 4.15. The van der Waals surface area contributed by atoms with E-state index >= 15 is 0 Å². The molecule has 0 saturated heterocycles. The molecule has 5 nitrogen and oxygen atoms in total. The molecule has 2 atom stereocenters. The van der Waals surface area contributed by atoms with E-state index in [0.29, 0.717) is 29.2 Å². The summed E-state index contributed by atoms with van der Waals surface area (Å²) in [6.45, 7) is 0. The third-order valence-electron chi connectivity index (χ3n) is 3.04. The van der Waals surface area contributed by atoms with Gasteiger partial charge in [-0.15, -0.1) is 0 Å². The molecular formula is C12H11NO4. The number of methoxy groups -OCH3 is 1. The second kappa shape index (κ2) is 3.48. The Kier molecular flexibility index (Phi) is 2.07. The van der Waals surface area contributed by atoms with Crippen LogP contribution in [0.15, 0.2) is 22.6 Å². The Morgan fingerprint density at radius 2 is 2.41 bits per heavy atom. The van der Waals surface area contributed by atoms with E-state index in [9.17, 15) is 4.79 Å². The van der Waals surface area contributed by atoms with Gasteiger partial charge in [-0.1, -0.05) is 6.07 Å². The maximum Gasteiger partial charge on any atom is 0.307 e. The number of hydrogen-bond donors (Lipinski definition) is 1. The number of benzene rings is 1. The van der Waals surface area contributed by atoms with Crippen LogP contribution in [0.1, 0.15) is 18.2 Å². The fraction of sp³-hybridized carbons (Fsp3) is 0.333. The molecule has 5 heteroatoms. The maximum absolute atomic E-state index is 10.8. The molecule has 1 aromatic carbocycles. The first-order valence-corrected chi connectivity index (χ1v) is 5.37. The van der Waals surface area contributed by atoms with Crippen LogP contribution in [-0.2, 0) is 4.79 Å². The number of carboxylic acid groups (broad SMARTS) is 1. The maximum atomic E-state index is 10.8. The van der Waals surface area contributed by atoms with Gasteiger partial charge in [0.2, 0.25) is 0 Å². The normalized spacial score (nSPS) is 22.6. The van der Waals surface area contributed by atoms with Crippen LogP contribution in [0.2, 0.25) is 0 Å². The summed E-state index contributed by atoms with van der Waals surface area (Å²) in [4.78, 5) is 15.1. The van der Waals surface area contributed by atoms with E-state index in [1.807, 2.05) is 6.07 Å². The van der Waals surface area contributed by atoms with Gasteiger partial charge in [0.15, 0.2) is 17.0 Å². The average Bonchev–Trinajstić information content (AvgIpc) is 3.01. The topological polar surface area (TPSA) is 72.6 Å². The summed E-state index contributed by atoms with van der Waals surface area (Å²) in [6.07, 6.45) is 0.602. The Labute approximate surface area is 97.0 Å². The van der Waals surface area contributed by atoms with Crippen LogP contribution in [-0.4, -0.2) is 23.2 Å². The minimum atomic E-state index is -0.788. The Morgan fingerprint density at radius 1 is 1.59 bits per heavy atom. The molecule has 1 N–H and O–H groups in total. The van der Waals surface area contributed by atoms with E-state index in [1.54, 1.807) is 19.2 Å². The highest BCUT2D eigenvalue weighted by Crippen LogP contribution is 2.48. The molecule has 1 fully saturated rings. The van der Waals surface area contributed by atoms with Crippen molar-refractivity contribution in [3.63, 3.8) is 0 Å². The fourth-order valence-corrected chi connectivity index (χ4v) is 2.00. The number of para-hydroxylation sites is 1. The van der Waals surface area contributed by atoms with Gasteiger partial charge in [0.05, 0.1) is 13.0 Å². The third-order valence-corrected chi connectivity index (χ3v) is 3.04. The zero-order valence-electron chi connectivity index (χ0n) is 9.21. The van der Waals surface area contributed by atoms with Crippen molar-refractivity contribution in [3.8, 4) is 5.75 Å².